The van der Waals surface area contributed by atoms with Crippen LogP contribution in [0.4, 0.5) is 5.82 Å². The van der Waals surface area contributed by atoms with E-state index in [-0.39, 0.29) is 12.4 Å². The number of hydrogen-bond acceptors (Lipinski definition) is 2. The number of nitrogens with two attached hydrogens (primary N) is 1. The third-order valence-corrected chi connectivity index (χ3v) is 1.25. The first kappa shape index (κ1) is 9.24. The Morgan fingerprint density at radius 2 is 2.30 bits per heavy atom. The molecule has 1 aromatic heterocycles. The van der Waals surface area contributed by atoms with Crippen LogP contribution in [0.15, 0.2) is 18.3 Å². The minimum atomic E-state index is 0. The molecule has 0 radical (unpaired) electrons. The Kier molecular flexibility index (Phi) is 3.81. The normalized spacial score (nSPS) is 8.50. The van der Waals surface area contributed by atoms with Crippen LogP contribution >= 0.6 is 12.4 Å². The molecular formula is C7H11ClN2. The molecule has 0 aliphatic heterocycles. The van der Waals surface area contributed by atoms with Crippen LogP contribution in [0.3, 0.4) is 0 Å². The lowest BCUT2D eigenvalue weighted by molar-refractivity contribution is 1.12. The molecule has 0 fully saturated rings. The summed E-state index contributed by atoms with van der Waals surface area (Å²) in [6.07, 6.45) is 2.75. The van der Waals surface area contributed by atoms with Gasteiger partial charge in [-0.2, -0.15) is 0 Å². The third-order valence-electron chi connectivity index (χ3n) is 1.25. The summed E-state index contributed by atoms with van der Waals surface area (Å²) < 4.78 is 0. The molecule has 0 saturated carbocycles. The fourth-order valence-corrected chi connectivity index (χ4v) is 0.714. The molecule has 0 atom stereocenters. The third kappa shape index (κ3) is 2.23. The summed E-state index contributed by atoms with van der Waals surface area (Å²) in [5.41, 5.74) is 6.66. The van der Waals surface area contributed by atoms with Gasteiger partial charge in [-0.25, -0.2) is 4.98 Å². The topological polar surface area (TPSA) is 38.9 Å². The van der Waals surface area contributed by atoms with E-state index in [1.165, 1.54) is 5.56 Å². The van der Waals surface area contributed by atoms with Crippen LogP contribution in [-0.2, 0) is 6.42 Å². The van der Waals surface area contributed by atoms with Gasteiger partial charge in [-0.3, -0.25) is 0 Å². The fraction of sp³-hybridized carbons (Fsp3) is 0.286. The van der Waals surface area contributed by atoms with Gasteiger partial charge in [0.05, 0.1) is 0 Å². The van der Waals surface area contributed by atoms with Gasteiger partial charge in [0, 0.05) is 6.20 Å². The minimum Gasteiger partial charge on any atom is -0.384 e. The molecule has 3 heteroatoms. The molecule has 2 N–H and O–H groups in total. The largest absolute Gasteiger partial charge is 0.384 e. The molecule has 0 aromatic carbocycles. The van der Waals surface area contributed by atoms with E-state index >= 15 is 0 Å². The summed E-state index contributed by atoms with van der Waals surface area (Å²) in [4.78, 5) is 3.87. The summed E-state index contributed by atoms with van der Waals surface area (Å²) in [5.74, 6) is 0.606. The molecule has 1 aromatic rings. The van der Waals surface area contributed by atoms with Crippen molar-refractivity contribution in [2.24, 2.45) is 0 Å². The van der Waals surface area contributed by atoms with Gasteiger partial charge in [0.25, 0.3) is 0 Å². The standard InChI is InChI=1S/C7H10N2.ClH/c1-2-6-3-4-9-7(8)5-6;/h3-5H,2H2,1H3,(H2,8,9);1H. The highest BCUT2D eigenvalue weighted by molar-refractivity contribution is 5.85. The van der Waals surface area contributed by atoms with E-state index in [1.807, 2.05) is 12.1 Å². The minimum absolute atomic E-state index is 0. The smallest absolute Gasteiger partial charge is 0.123 e. The Morgan fingerprint density at radius 1 is 1.60 bits per heavy atom. The zero-order chi connectivity index (χ0) is 6.69. The second kappa shape index (κ2) is 4.12. The van der Waals surface area contributed by atoms with Gasteiger partial charge in [0.15, 0.2) is 0 Å². The van der Waals surface area contributed by atoms with Gasteiger partial charge in [0.2, 0.25) is 0 Å². The number of hydrogen-bond donors (Lipinski definition) is 1. The molecule has 0 bridgehead atoms. The van der Waals surface area contributed by atoms with Crippen molar-refractivity contribution in [1.29, 1.82) is 0 Å². The highest BCUT2D eigenvalue weighted by Gasteiger charge is 1.87. The maximum Gasteiger partial charge on any atom is 0.123 e. The van der Waals surface area contributed by atoms with Gasteiger partial charge in [-0.05, 0) is 24.1 Å². The zero-order valence-electron chi connectivity index (χ0n) is 5.87. The predicted molar refractivity (Wildman–Crippen MR) is 45.3 cm³/mol. The Bertz CT molecular complexity index is 201. The molecular weight excluding hydrogens is 148 g/mol. The van der Waals surface area contributed by atoms with Crippen LogP contribution in [0.5, 0.6) is 0 Å². The first-order valence-corrected chi connectivity index (χ1v) is 3.03. The van der Waals surface area contributed by atoms with Crippen molar-refractivity contribution in [3.63, 3.8) is 0 Å². The second-order valence-electron chi connectivity index (χ2n) is 1.94. The van der Waals surface area contributed by atoms with Crippen LogP contribution in [0.25, 0.3) is 0 Å². The Hall–Kier alpha value is -0.760. The summed E-state index contributed by atoms with van der Waals surface area (Å²) in [7, 11) is 0. The average Bonchev–Trinajstić information content (AvgIpc) is 1.88. The molecule has 0 amide bonds. The lowest BCUT2D eigenvalue weighted by atomic mass is 10.2. The molecule has 56 valence electrons. The summed E-state index contributed by atoms with van der Waals surface area (Å²) in [6.45, 7) is 2.09. The van der Waals surface area contributed by atoms with E-state index in [9.17, 15) is 0 Å². The van der Waals surface area contributed by atoms with Crippen LogP contribution in [-0.4, -0.2) is 4.98 Å². The molecule has 2 nitrogen and oxygen atoms in total. The van der Waals surface area contributed by atoms with Gasteiger partial charge in [0.1, 0.15) is 5.82 Å². The maximum absolute atomic E-state index is 5.42. The first-order valence-electron chi connectivity index (χ1n) is 3.03. The molecule has 0 saturated heterocycles. The van der Waals surface area contributed by atoms with E-state index in [0.717, 1.165) is 6.42 Å². The molecule has 0 aliphatic carbocycles. The van der Waals surface area contributed by atoms with E-state index in [4.69, 9.17) is 5.73 Å². The highest BCUT2D eigenvalue weighted by atomic mass is 35.5. The lowest BCUT2D eigenvalue weighted by Crippen LogP contribution is -1.90. The number of aromatic nitrogens is 1. The van der Waals surface area contributed by atoms with Gasteiger partial charge in [-0.15, -0.1) is 12.4 Å². The van der Waals surface area contributed by atoms with Crippen molar-refractivity contribution in [2.75, 3.05) is 5.73 Å². The van der Waals surface area contributed by atoms with E-state index in [0.29, 0.717) is 5.82 Å². The number of anilines is 1. The Balaban J connectivity index is 0.000000810. The van der Waals surface area contributed by atoms with Gasteiger partial charge in [-0.1, -0.05) is 6.92 Å². The number of nitrogens with zero attached hydrogens (tertiary/aromatic N) is 1. The Labute approximate surface area is 66.9 Å². The van der Waals surface area contributed by atoms with Crippen molar-refractivity contribution < 1.29 is 0 Å². The zero-order valence-corrected chi connectivity index (χ0v) is 6.69. The van der Waals surface area contributed by atoms with E-state index in [1.54, 1.807) is 6.20 Å². The molecule has 1 rings (SSSR count). The van der Waals surface area contributed by atoms with Crippen molar-refractivity contribution in [3.05, 3.63) is 23.9 Å². The van der Waals surface area contributed by atoms with Crippen molar-refractivity contribution in [2.45, 2.75) is 13.3 Å². The fourth-order valence-electron chi connectivity index (χ4n) is 0.714. The van der Waals surface area contributed by atoms with Crippen LogP contribution in [0.1, 0.15) is 12.5 Å². The van der Waals surface area contributed by atoms with E-state index < -0.39 is 0 Å². The maximum atomic E-state index is 5.42. The molecule has 0 unspecified atom stereocenters. The van der Waals surface area contributed by atoms with Crippen LogP contribution < -0.4 is 5.73 Å². The first-order chi connectivity index (χ1) is 4.33. The number of halogens is 1. The second-order valence-corrected chi connectivity index (χ2v) is 1.94. The number of pyridine rings is 1. The SMILES string of the molecule is CCc1ccnc(N)c1.Cl. The predicted octanol–water partition coefficient (Wildman–Crippen LogP) is 1.65. The van der Waals surface area contributed by atoms with Crippen molar-refractivity contribution in [1.82, 2.24) is 4.98 Å². The number of rotatable bonds is 1. The van der Waals surface area contributed by atoms with Crippen molar-refractivity contribution >= 4 is 18.2 Å². The molecule has 0 spiro atoms. The number of aryl methyl sites for hydroxylation is 1. The van der Waals surface area contributed by atoms with Crippen LogP contribution in [0.2, 0.25) is 0 Å². The summed E-state index contributed by atoms with van der Waals surface area (Å²) in [6, 6.07) is 3.86. The Morgan fingerprint density at radius 3 is 2.70 bits per heavy atom. The molecule has 0 aliphatic rings. The van der Waals surface area contributed by atoms with Crippen LogP contribution in [0, 0.1) is 0 Å². The van der Waals surface area contributed by atoms with E-state index in [2.05, 4.69) is 11.9 Å². The van der Waals surface area contributed by atoms with Crippen molar-refractivity contribution in [3.8, 4) is 0 Å². The summed E-state index contributed by atoms with van der Waals surface area (Å²) >= 11 is 0. The highest BCUT2D eigenvalue weighted by Crippen LogP contribution is 2.02. The molecule has 1 heterocycles. The number of nitrogen functional groups attached to an aromatic ring is 1. The molecule has 10 heavy (non-hydrogen) atoms. The van der Waals surface area contributed by atoms with Gasteiger partial charge >= 0.3 is 0 Å². The quantitative estimate of drug-likeness (QED) is 0.675. The monoisotopic (exact) mass is 158 g/mol. The van der Waals surface area contributed by atoms with Gasteiger partial charge < -0.3 is 5.73 Å². The summed E-state index contributed by atoms with van der Waals surface area (Å²) in [5, 5.41) is 0. The average molecular weight is 159 g/mol. The lowest BCUT2D eigenvalue weighted by Gasteiger charge is -1.94.